The topological polar surface area (TPSA) is 97.7 Å². The lowest BCUT2D eigenvalue weighted by Crippen LogP contribution is -2.02. The predicted octanol–water partition coefficient (Wildman–Crippen LogP) is 4.58. The Hall–Kier alpha value is -3.31. The third-order valence-electron chi connectivity index (χ3n) is 4.15. The van der Waals surface area contributed by atoms with Gasteiger partial charge in [0.05, 0.1) is 28.8 Å². The van der Waals surface area contributed by atoms with Crippen LogP contribution in [0.4, 0.5) is 20.5 Å². The third kappa shape index (κ3) is 4.28. The van der Waals surface area contributed by atoms with E-state index in [1.807, 2.05) is 0 Å². The van der Waals surface area contributed by atoms with Crippen LogP contribution in [0.15, 0.2) is 41.8 Å². The van der Waals surface area contributed by atoms with Gasteiger partial charge in [-0.1, -0.05) is 11.6 Å². The Morgan fingerprint density at radius 3 is 2.65 bits per heavy atom. The van der Waals surface area contributed by atoms with E-state index >= 15 is 4.39 Å². The van der Waals surface area contributed by atoms with Crippen molar-refractivity contribution in [1.29, 1.82) is 0 Å². The van der Waals surface area contributed by atoms with Crippen molar-refractivity contribution in [2.75, 3.05) is 24.2 Å². The summed E-state index contributed by atoms with van der Waals surface area (Å²) in [7, 11) is 3.13. The number of pyridine rings is 3. The zero-order valence-electron chi connectivity index (χ0n) is 16.2. The minimum Gasteiger partial charge on any atom is -0.480 e. The van der Waals surface area contributed by atoms with Gasteiger partial charge in [0.2, 0.25) is 11.8 Å². The van der Waals surface area contributed by atoms with E-state index in [-0.39, 0.29) is 16.9 Å². The van der Waals surface area contributed by atoms with Gasteiger partial charge in [-0.05, 0) is 24.1 Å². The molecule has 0 fully saturated rings. The molecule has 0 atom stereocenters. The molecule has 0 aromatic carbocycles. The molecule has 0 bridgehead atoms. The maximum Gasteiger partial charge on any atom is 0.228 e. The van der Waals surface area contributed by atoms with Crippen LogP contribution >= 0.6 is 23.5 Å². The number of aromatic nitrogens is 5. The van der Waals surface area contributed by atoms with E-state index in [0.717, 1.165) is 18.1 Å². The van der Waals surface area contributed by atoms with Crippen molar-refractivity contribution in [1.82, 2.24) is 24.9 Å². The molecular weight excluding hydrogens is 448 g/mol. The molecule has 12 heteroatoms. The Morgan fingerprint density at radius 2 is 1.87 bits per heavy atom. The van der Waals surface area contributed by atoms with Gasteiger partial charge in [-0.3, -0.25) is 0 Å². The number of methoxy groups -OCH3 is 1. The molecule has 4 rings (SSSR count). The molecule has 0 amide bonds. The Kier molecular flexibility index (Phi) is 5.96. The first kappa shape index (κ1) is 20.9. The van der Waals surface area contributed by atoms with Crippen LogP contribution < -0.4 is 14.8 Å². The van der Waals surface area contributed by atoms with E-state index in [1.54, 1.807) is 19.2 Å². The van der Waals surface area contributed by atoms with Crippen LogP contribution in [-0.2, 0) is 0 Å². The Labute approximate surface area is 184 Å². The van der Waals surface area contributed by atoms with E-state index < -0.39 is 11.6 Å². The molecule has 31 heavy (non-hydrogen) atoms. The van der Waals surface area contributed by atoms with E-state index in [4.69, 9.17) is 16.3 Å². The highest BCUT2D eigenvalue weighted by Crippen LogP contribution is 2.34. The van der Waals surface area contributed by atoms with Crippen molar-refractivity contribution in [2.45, 2.75) is 4.90 Å². The number of nitrogens with zero attached hydrogens (tertiary/aromatic N) is 5. The number of nitrogens with one attached hydrogen (secondary N) is 2. The van der Waals surface area contributed by atoms with E-state index in [2.05, 4.69) is 35.0 Å². The van der Waals surface area contributed by atoms with Crippen LogP contribution in [0.2, 0.25) is 5.02 Å². The summed E-state index contributed by atoms with van der Waals surface area (Å²) in [5, 5.41) is 3.72. The maximum absolute atomic E-state index is 15.2. The minimum atomic E-state index is -0.879. The molecule has 158 valence electrons. The summed E-state index contributed by atoms with van der Waals surface area (Å²) < 4.78 is 37.6. The van der Waals surface area contributed by atoms with Crippen LogP contribution in [-0.4, -0.2) is 39.1 Å². The van der Waals surface area contributed by atoms with Crippen LogP contribution in [0.25, 0.3) is 22.2 Å². The standard InChI is InChI=1S/C19H14ClF2N7OS/c1-23-19-27-6-10-3-9(5-24-16(10)28-19)14-12(21)8-25-17(15(14)22)29-31-13-4-11(20)7-26-18(13)30-2/h3-8H,1-2H3,(H,25,29)(H,23,24,27,28). The Balaban J connectivity index is 1.68. The monoisotopic (exact) mass is 461 g/mol. The molecule has 4 heterocycles. The lowest BCUT2D eigenvalue weighted by molar-refractivity contribution is 0.387. The van der Waals surface area contributed by atoms with E-state index in [9.17, 15) is 4.39 Å². The molecule has 0 aliphatic heterocycles. The molecule has 2 N–H and O–H groups in total. The fourth-order valence-corrected chi connectivity index (χ4v) is 3.70. The number of rotatable bonds is 6. The summed E-state index contributed by atoms with van der Waals surface area (Å²) in [5.41, 5.74) is 0.342. The SMILES string of the molecule is CNc1ncc2cc(-c3c(F)cnc(NSc4cc(Cl)cnc4OC)c3F)cnc2n1. The van der Waals surface area contributed by atoms with Gasteiger partial charge in [-0.15, -0.1) is 0 Å². The van der Waals surface area contributed by atoms with Crippen LogP contribution in [0.1, 0.15) is 0 Å². The van der Waals surface area contributed by atoms with Gasteiger partial charge in [0.25, 0.3) is 0 Å². The minimum absolute atomic E-state index is 0.176. The van der Waals surface area contributed by atoms with Gasteiger partial charge < -0.3 is 14.8 Å². The smallest absolute Gasteiger partial charge is 0.228 e. The van der Waals surface area contributed by atoms with Gasteiger partial charge in [0.15, 0.2) is 23.1 Å². The van der Waals surface area contributed by atoms with Gasteiger partial charge >= 0.3 is 0 Å². The van der Waals surface area contributed by atoms with Crippen molar-refractivity contribution < 1.29 is 13.5 Å². The second kappa shape index (κ2) is 8.82. The summed E-state index contributed by atoms with van der Waals surface area (Å²) >= 11 is 6.94. The first-order chi connectivity index (χ1) is 15.0. The lowest BCUT2D eigenvalue weighted by atomic mass is 10.1. The highest BCUT2D eigenvalue weighted by atomic mass is 35.5. The van der Waals surface area contributed by atoms with Crippen molar-refractivity contribution in [3.8, 4) is 17.0 Å². The molecule has 8 nitrogen and oxygen atoms in total. The fraction of sp³-hybridized carbons (Fsp3) is 0.105. The highest BCUT2D eigenvalue weighted by molar-refractivity contribution is 8.00. The van der Waals surface area contributed by atoms with E-state index in [0.29, 0.717) is 32.8 Å². The molecule has 0 saturated carbocycles. The fourth-order valence-electron chi connectivity index (χ4n) is 2.72. The maximum atomic E-state index is 15.2. The normalized spacial score (nSPS) is 10.9. The van der Waals surface area contributed by atoms with Crippen LogP contribution in [0.3, 0.4) is 0 Å². The predicted molar refractivity (Wildman–Crippen MR) is 115 cm³/mol. The van der Waals surface area contributed by atoms with Crippen molar-refractivity contribution in [3.63, 3.8) is 0 Å². The number of ether oxygens (including phenoxy) is 1. The van der Waals surface area contributed by atoms with Gasteiger partial charge in [0, 0.05) is 36.6 Å². The Morgan fingerprint density at radius 1 is 1.03 bits per heavy atom. The first-order valence-corrected chi connectivity index (χ1v) is 9.97. The molecule has 0 aliphatic carbocycles. The van der Waals surface area contributed by atoms with Gasteiger partial charge in [-0.2, -0.15) is 4.98 Å². The van der Waals surface area contributed by atoms with Crippen molar-refractivity contribution in [2.24, 2.45) is 0 Å². The first-order valence-electron chi connectivity index (χ1n) is 8.77. The van der Waals surface area contributed by atoms with Crippen molar-refractivity contribution in [3.05, 3.63) is 53.6 Å². The molecule has 0 unspecified atom stereocenters. The second-order valence-electron chi connectivity index (χ2n) is 6.09. The Bertz CT molecular complexity index is 1280. The van der Waals surface area contributed by atoms with Crippen molar-refractivity contribution >= 4 is 46.3 Å². The number of anilines is 2. The molecule has 0 saturated heterocycles. The molecule has 0 aliphatic rings. The number of halogens is 3. The van der Waals surface area contributed by atoms with Crippen LogP contribution in [0.5, 0.6) is 5.88 Å². The summed E-state index contributed by atoms with van der Waals surface area (Å²) in [6.45, 7) is 0. The number of hydrogen-bond acceptors (Lipinski definition) is 9. The number of fused-ring (bicyclic) bond motifs is 1. The number of hydrogen-bond donors (Lipinski definition) is 2. The summed E-state index contributed by atoms with van der Waals surface area (Å²) in [6, 6.07) is 3.16. The van der Waals surface area contributed by atoms with Gasteiger partial charge in [0.1, 0.15) is 0 Å². The second-order valence-corrected chi connectivity index (χ2v) is 7.37. The molecule has 0 radical (unpaired) electrons. The largest absolute Gasteiger partial charge is 0.480 e. The summed E-state index contributed by atoms with van der Waals surface area (Å²) in [5.74, 6) is -1.20. The summed E-state index contributed by atoms with van der Waals surface area (Å²) in [4.78, 5) is 20.9. The molecular formula is C19H14ClF2N7OS. The highest BCUT2D eigenvalue weighted by Gasteiger charge is 2.19. The summed E-state index contributed by atoms with van der Waals surface area (Å²) in [6.07, 6.45) is 5.22. The average Bonchev–Trinajstić information content (AvgIpc) is 2.78. The van der Waals surface area contributed by atoms with Gasteiger partial charge in [-0.25, -0.2) is 28.7 Å². The molecule has 4 aromatic heterocycles. The quantitative estimate of drug-likeness (QED) is 0.399. The molecule has 0 spiro atoms. The lowest BCUT2D eigenvalue weighted by Gasteiger charge is -2.12. The zero-order valence-corrected chi connectivity index (χ0v) is 17.7. The van der Waals surface area contributed by atoms with Crippen LogP contribution in [0, 0.1) is 11.6 Å². The van der Waals surface area contributed by atoms with E-state index in [1.165, 1.54) is 25.7 Å². The molecule has 4 aromatic rings. The average molecular weight is 462 g/mol. The third-order valence-corrected chi connectivity index (χ3v) is 5.17. The zero-order chi connectivity index (χ0) is 22.0.